The Morgan fingerprint density at radius 1 is 1.08 bits per heavy atom. The van der Waals surface area contributed by atoms with Crippen LogP contribution in [0.1, 0.15) is 39.5 Å². The average molecular weight is 390 g/mol. The lowest BCUT2D eigenvalue weighted by Crippen LogP contribution is -2.51. The van der Waals surface area contributed by atoms with Gasteiger partial charge in [0.1, 0.15) is 0 Å². The molecular formula is C16H27N3O4S2. The van der Waals surface area contributed by atoms with Crippen molar-refractivity contribution >= 4 is 20.0 Å². The standard InChI is InChI=1S/C16H27N3O4S2/c1-3-19(4-2)25(22,23)15-9-7-8-14(12-15)24(20,21)18-16(13-17)10-5-6-11-16/h7-9,12,18H,3-6,10-11,13,17H2,1-2H3. The van der Waals surface area contributed by atoms with E-state index in [1.165, 1.54) is 28.6 Å². The van der Waals surface area contributed by atoms with Crippen molar-refractivity contribution in [3.63, 3.8) is 0 Å². The van der Waals surface area contributed by atoms with Gasteiger partial charge in [-0.05, 0) is 31.0 Å². The van der Waals surface area contributed by atoms with Crippen LogP contribution >= 0.6 is 0 Å². The van der Waals surface area contributed by atoms with Gasteiger partial charge in [-0.3, -0.25) is 0 Å². The molecule has 3 N–H and O–H groups in total. The molecule has 142 valence electrons. The minimum absolute atomic E-state index is 0.0210. The first kappa shape index (κ1) is 20.3. The first-order valence-corrected chi connectivity index (χ1v) is 11.5. The zero-order valence-corrected chi connectivity index (χ0v) is 16.4. The van der Waals surface area contributed by atoms with Crippen molar-refractivity contribution in [1.82, 2.24) is 9.03 Å². The van der Waals surface area contributed by atoms with Crippen molar-refractivity contribution in [2.45, 2.75) is 54.9 Å². The van der Waals surface area contributed by atoms with E-state index >= 15 is 0 Å². The van der Waals surface area contributed by atoms with Gasteiger partial charge in [0.15, 0.2) is 0 Å². The molecule has 1 fully saturated rings. The van der Waals surface area contributed by atoms with Crippen LogP contribution in [0, 0.1) is 0 Å². The van der Waals surface area contributed by atoms with E-state index in [1.54, 1.807) is 13.8 Å². The minimum atomic E-state index is -3.85. The van der Waals surface area contributed by atoms with Crippen molar-refractivity contribution in [2.75, 3.05) is 19.6 Å². The van der Waals surface area contributed by atoms with Crippen LogP contribution in [0.3, 0.4) is 0 Å². The van der Waals surface area contributed by atoms with Gasteiger partial charge in [-0.15, -0.1) is 0 Å². The summed E-state index contributed by atoms with van der Waals surface area (Å²) in [7, 11) is -7.56. The summed E-state index contributed by atoms with van der Waals surface area (Å²) in [6.45, 7) is 4.36. The van der Waals surface area contributed by atoms with Gasteiger partial charge in [-0.25, -0.2) is 21.6 Å². The molecule has 0 bridgehead atoms. The zero-order chi connectivity index (χ0) is 18.7. The van der Waals surface area contributed by atoms with E-state index in [-0.39, 0.29) is 16.3 Å². The summed E-state index contributed by atoms with van der Waals surface area (Å²) in [5.74, 6) is 0. The molecule has 1 aromatic carbocycles. The average Bonchev–Trinajstić information content (AvgIpc) is 3.04. The topological polar surface area (TPSA) is 110 Å². The normalized spacial score (nSPS) is 17.9. The van der Waals surface area contributed by atoms with E-state index in [4.69, 9.17) is 5.73 Å². The molecule has 1 aromatic rings. The molecule has 0 heterocycles. The quantitative estimate of drug-likeness (QED) is 0.696. The van der Waals surface area contributed by atoms with Gasteiger partial charge in [-0.1, -0.05) is 32.8 Å². The lowest BCUT2D eigenvalue weighted by atomic mass is 10.0. The highest BCUT2D eigenvalue weighted by atomic mass is 32.2. The Balaban J connectivity index is 2.37. The van der Waals surface area contributed by atoms with Crippen molar-refractivity contribution < 1.29 is 16.8 Å². The molecule has 0 aromatic heterocycles. The van der Waals surface area contributed by atoms with Gasteiger partial charge in [0.05, 0.1) is 9.79 Å². The van der Waals surface area contributed by atoms with Crippen molar-refractivity contribution in [3.05, 3.63) is 24.3 Å². The maximum atomic E-state index is 12.8. The highest BCUT2D eigenvalue weighted by molar-refractivity contribution is 7.90. The molecule has 0 saturated heterocycles. The molecule has 0 amide bonds. The van der Waals surface area contributed by atoms with Crippen LogP contribution in [0.5, 0.6) is 0 Å². The molecule has 25 heavy (non-hydrogen) atoms. The largest absolute Gasteiger partial charge is 0.329 e. The third-order valence-corrected chi connectivity index (χ3v) is 8.38. The summed E-state index contributed by atoms with van der Waals surface area (Å²) in [4.78, 5) is -0.0762. The lowest BCUT2D eigenvalue weighted by Gasteiger charge is -2.28. The van der Waals surface area contributed by atoms with Crippen LogP contribution in [0.15, 0.2) is 34.1 Å². The van der Waals surface area contributed by atoms with Gasteiger partial charge < -0.3 is 5.73 Å². The van der Waals surface area contributed by atoms with Gasteiger partial charge in [-0.2, -0.15) is 4.31 Å². The number of benzene rings is 1. The molecule has 1 aliphatic rings. The molecule has 0 atom stereocenters. The summed E-state index contributed by atoms with van der Waals surface area (Å²) in [6, 6.07) is 5.49. The number of nitrogens with one attached hydrogen (secondary N) is 1. The molecule has 9 heteroatoms. The Kier molecular flexibility index (Phi) is 6.26. The minimum Gasteiger partial charge on any atom is -0.329 e. The summed E-state index contributed by atoms with van der Waals surface area (Å²) >= 11 is 0. The van der Waals surface area contributed by atoms with Crippen LogP contribution in [0.2, 0.25) is 0 Å². The Bertz CT molecular complexity index is 796. The Hall–Kier alpha value is -1.00. The predicted molar refractivity (Wildman–Crippen MR) is 97.1 cm³/mol. The van der Waals surface area contributed by atoms with Crippen LogP contribution < -0.4 is 10.5 Å². The smallest absolute Gasteiger partial charge is 0.243 e. The van der Waals surface area contributed by atoms with E-state index in [1.807, 2.05) is 0 Å². The molecule has 1 aliphatic carbocycles. The number of sulfonamides is 2. The van der Waals surface area contributed by atoms with Gasteiger partial charge >= 0.3 is 0 Å². The van der Waals surface area contributed by atoms with Crippen molar-refractivity contribution in [2.24, 2.45) is 5.73 Å². The Morgan fingerprint density at radius 3 is 2.16 bits per heavy atom. The van der Waals surface area contributed by atoms with E-state index in [0.29, 0.717) is 25.9 Å². The number of hydrogen-bond donors (Lipinski definition) is 2. The second kappa shape index (κ2) is 7.71. The van der Waals surface area contributed by atoms with E-state index in [9.17, 15) is 16.8 Å². The van der Waals surface area contributed by atoms with Crippen LogP contribution in [0.25, 0.3) is 0 Å². The van der Waals surface area contributed by atoms with Crippen molar-refractivity contribution in [3.8, 4) is 0 Å². The highest BCUT2D eigenvalue weighted by Crippen LogP contribution is 2.30. The Morgan fingerprint density at radius 2 is 1.64 bits per heavy atom. The first-order valence-electron chi connectivity index (χ1n) is 8.55. The SMILES string of the molecule is CCN(CC)S(=O)(=O)c1cccc(S(=O)(=O)NC2(CN)CCCC2)c1. The molecule has 0 spiro atoms. The lowest BCUT2D eigenvalue weighted by molar-refractivity contribution is 0.399. The van der Waals surface area contributed by atoms with Gasteiger partial charge in [0.25, 0.3) is 0 Å². The van der Waals surface area contributed by atoms with E-state index in [0.717, 1.165) is 12.8 Å². The van der Waals surface area contributed by atoms with E-state index in [2.05, 4.69) is 4.72 Å². The van der Waals surface area contributed by atoms with Crippen molar-refractivity contribution in [1.29, 1.82) is 0 Å². The molecular weight excluding hydrogens is 362 g/mol. The molecule has 0 radical (unpaired) electrons. The molecule has 2 rings (SSSR count). The first-order chi connectivity index (χ1) is 11.7. The summed E-state index contributed by atoms with van der Waals surface area (Å²) in [6.07, 6.45) is 3.24. The van der Waals surface area contributed by atoms with E-state index < -0.39 is 25.6 Å². The fourth-order valence-corrected chi connectivity index (χ4v) is 6.35. The monoisotopic (exact) mass is 389 g/mol. The maximum Gasteiger partial charge on any atom is 0.243 e. The van der Waals surface area contributed by atoms with Crippen LogP contribution in [0.4, 0.5) is 0 Å². The fourth-order valence-electron chi connectivity index (χ4n) is 3.26. The van der Waals surface area contributed by atoms with Gasteiger partial charge in [0.2, 0.25) is 20.0 Å². The number of nitrogens with zero attached hydrogens (tertiary/aromatic N) is 1. The predicted octanol–water partition coefficient (Wildman–Crippen LogP) is 1.27. The number of hydrogen-bond acceptors (Lipinski definition) is 5. The Labute approximate surface area is 150 Å². The number of rotatable bonds is 8. The molecule has 0 unspecified atom stereocenters. The summed E-state index contributed by atoms with van der Waals surface area (Å²) in [5, 5.41) is 0. The maximum absolute atomic E-state index is 12.8. The fraction of sp³-hybridized carbons (Fsp3) is 0.625. The molecule has 0 aliphatic heterocycles. The molecule has 7 nitrogen and oxygen atoms in total. The highest BCUT2D eigenvalue weighted by Gasteiger charge is 2.37. The summed E-state index contributed by atoms with van der Waals surface area (Å²) < 4.78 is 54.8. The summed E-state index contributed by atoms with van der Waals surface area (Å²) in [5.41, 5.74) is 5.17. The second-order valence-corrected chi connectivity index (χ2v) is 9.98. The number of nitrogens with two attached hydrogens (primary N) is 1. The van der Waals surface area contributed by atoms with Gasteiger partial charge in [0, 0.05) is 25.2 Å². The molecule has 1 saturated carbocycles. The van der Waals surface area contributed by atoms with Crippen LogP contribution in [-0.4, -0.2) is 46.3 Å². The zero-order valence-electron chi connectivity index (χ0n) is 14.7. The third-order valence-electron chi connectivity index (χ3n) is 4.76. The third kappa shape index (κ3) is 4.22. The van der Waals surface area contributed by atoms with Crippen LogP contribution in [-0.2, 0) is 20.0 Å². The second-order valence-electron chi connectivity index (χ2n) is 6.36.